The molecule has 1 aromatic rings. The van der Waals surface area contributed by atoms with Gasteiger partial charge in [-0.25, -0.2) is 0 Å². The molecule has 1 atom stereocenters. The van der Waals surface area contributed by atoms with Gasteiger partial charge in [0.05, 0.1) is 6.10 Å². The van der Waals surface area contributed by atoms with E-state index in [2.05, 4.69) is 61.1 Å². The van der Waals surface area contributed by atoms with E-state index in [4.69, 9.17) is 4.74 Å². The van der Waals surface area contributed by atoms with Crippen LogP contribution >= 0.6 is 15.9 Å². The molecular formula is C16H26BrNO. The van der Waals surface area contributed by atoms with Crippen molar-refractivity contribution in [1.29, 1.82) is 0 Å². The van der Waals surface area contributed by atoms with Crippen molar-refractivity contribution in [3.63, 3.8) is 0 Å². The number of aryl methyl sites for hydroxylation is 2. The van der Waals surface area contributed by atoms with Crippen molar-refractivity contribution in [3.8, 4) is 5.75 Å². The highest BCUT2D eigenvalue weighted by Gasteiger charge is 2.07. The first kappa shape index (κ1) is 16.5. The summed E-state index contributed by atoms with van der Waals surface area (Å²) in [5.74, 6) is 0.979. The molecule has 0 spiro atoms. The number of ether oxygens (including phenoxy) is 1. The van der Waals surface area contributed by atoms with Gasteiger partial charge in [-0.05, 0) is 76.4 Å². The van der Waals surface area contributed by atoms with Gasteiger partial charge in [-0.1, -0.05) is 22.9 Å². The van der Waals surface area contributed by atoms with Crippen molar-refractivity contribution < 1.29 is 4.74 Å². The molecule has 0 saturated heterocycles. The standard InChI is InChI=1S/C16H26BrNO/c1-5-8-18-9-6-7-14(4)19-15-10-12(2)16(17)13(3)11-15/h10-11,14,18H,5-9H2,1-4H3. The second-order valence-electron chi connectivity index (χ2n) is 5.19. The molecule has 1 unspecified atom stereocenters. The highest BCUT2D eigenvalue weighted by molar-refractivity contribution is 9.10. The average Bonchev–Trinajstić information content (AvgIpc) is 2.35. The molecule has 0 heterocycles. The normalized spacial score (nSPS) is 12.5. The van der Waals surface area contributed by atoms with Gasteiger partial charge < -0.3 is 10.1 Å². The highest BCUT2D eigenvalue weighted by Crippen LogP contribution is 2.27. The Morgan fingerprint density at radius 3 is 2.42 bits per heavy atom. The van der Waals surface area contributed by atoms with Crippen molar-refractivity contribution in [2.75, 3.05) is 13.1 Å². The lowest BCUT2D eigenvalue weighted by Gasteiger charge is -2.16. The zero-order valence-corrected chi connectivity index (χ0v) is 14.1. The summed E-state index contributed by atoms with van der Waals surface area (Å²) in [6.07, 6.45) is 3.72. The maximum absolute atomic E-state index is 5.99. The minimum Gasteiger partial charge on any atom is -0.491 e. The lowest BCUT2D eigenvalue weighted by molar-refractivity contribution is 0.207. The van der Waals surface area contributed by atoms with Crippen LogP contribution in [0, 0.1) is 13.8 Å². The van der Waals surface area contributed by atoms with E-state index in [0.717, 1.165) is 31.7 Å². The molecule has 3 heteroatoms. The van der Waals surface area contributed by atoms with Crippen LogP contribution in [0.4, 0.5) is 0 Å². The summed E-state index contributed by atoms with van der Waals surface area (Å²) in [7, 11) is 0. The monoisotopic (exact) mass is 327 g/mol. The third kappa shape index (κ3) is 5.96. The van der Waals surface area contributed by atoms with Gasteiger partial charge in [-0.2, -0.15) is 0 Å². The first-order valence-corrected chi connectivity index (χ1v) is 7.98. The first-order valence-electron chi connectivity index (χ1n) is 7.18. The minimum atomic E-state index is 0.267. The lowest BCUT2D eigenvalue weighted by Crippen LogP contribution is -2.19. The highest BCUT2D eigenvalue weighted by atomic mass is 79.9. The van der Waals surface area contributed by atoms with E-state index in [0.29, 0.717) is 0 Å². The maximum atomic E-state index is 5.99. The molecule has 1 N–H and O–H groups in total. The average molecular weight is 328 g/mol. The zero-order chi connectivity index (χ0) is 14.3. The molecule has 0 aliphatic carbocycles. The molecule has 0 radical (unpaired) electrons. The SMILES string of the molecule is CCCNCCCC(C)Oc1cc(C)c(Br)c(C)c1. The van der Waals surface area contributed by atoms with Crippen LogP contribution in [0.2, 0.25) is 0 Å². The van der Waals surface area contributed by atoms with Crippen LogP contribution in [0.3, 0.4) is 0 Å². The molecule has 0 fully saturated rings. The van der Waals surface area contributed by atoms with Gasteiger partial charge in [-0.3, -0.25) is 0 Å². The van der Waals surface area contributed by atoms with E-state index in [1.54, 1.807) is 0 Å². The fourth-order valence-corrected chi connectivity index (χ4v) is 2.31. The Morgan fingerprint density at radius 2 is 1.84 bits per heavy atom. The third-order valence-electron chi connectivity index (χ3n) is 3.14. The third-order valence-corrected chi connectivity index (χ3v) is 4.39. The van der Waals surface area contributed by atoms with Gasteiger partial charge in [0.15, 0.2) is 0 Å². The van der Waals surface area contributed by atoms with E-state index in [9.17, 15) is 0 Å². The number of nitrogens with one attached hydrogen (secondary N) is 1. The van der Waals surface area contributed by atoms with Crippen molar-refractivity contribution in [1.82, 2.24) is 5.32 Å². The van der Waals surface area contributed by atoms with Crippen LogP contribution in [0.15, 0.2) is 16.6 Å². The molecule has 0 aliphatic rings. The van der Waals surface area contributed by atoms with Gasteiger partial charge in [0, 0.05) is 4.47 Å². The van der Waals surface area contributed by atoms with Gasteiger partial charge in [0.25, 0.3) is 0 Å². The molecule has 1 rings (SSSR count). The topological polar surface area (TPSA) is 21.3 Å². The summed E-state index contributed by atoms with van der Waals surface area (Å²) in [6, 6.07) is 4.20. The smallest absolute Gasteiger partial charge is 0.120 e. The van der Waals surface area contributed by atoms with Gasteiger partial charge in [0.1, 0.15) is 5.75 Å². The molecule has 19 heavy (non-hydrogen) atoms. The fraction of sp³-hybridized carbons (Fsp3) is 0.625. The Labute approximate surface area is 126 Å². The lowest BCUT2D eigenvalue weighted by atomic mass is 10.1. The zero-order valence-electron chi connectivity index (χ0n) is 12.6. The molecule has 0 aromatic heterocycles. The summed E-state index contributed by atoms with van der Waals surface area (Å²) in [4.78, 5) is 0. The number of hydrogen-bond donors (Lipinski definition) is 1. The molecule has 0 aliphatic heterocycles. The Bertz CT molecular complexity index is 369. The first-order chi connectivity index (χ1) is 9.04. The van der Waals surface area contributed by atoms with Crippen LogP contribution in [0.25, 0.3) is 0 Å². The molecule has 1 aromatic carbocycles. The Hall–Kier alpha value is -0.540. The second kappa shape index (κ2) is 8.60. The summed E-state index contributed by atoms with van der Waals surface area (Å²) in [5, 5.41) is 3.42. The van der Waals surface area contributed by atoms with Crippen LogP contribution in [0.5, 0.6) is 5.75 Å². The summed E-state index contributed by atoms with van der Waals surface area (Å²) in [6.45, 7) is 10.7. The predicted octanol–water partition coefficient (Wildman–Crippen LogP) is 4.61. The van der Waals surface area contributed by atoms with E-state index < -0.39 is 0 Å². The minimum absolute atomic E-state index is 0.267. The second-order valence-corrected chi connectivity index (χ2v) is 5.98. The Kier molecular flexibility index (Phi) is 7.47. The van der Waals surface area contributed by atoms with Crippen LogP contribution in [0.1, 0.15) is 44.2 Å². The Morgan fingerprint density at radius 1 is 1.21 bits per heavy atom. The molecule has 108 valence electrons. The number of rotatable bonds is 8. The summed E-state index contributed by atoms with van der Waals surface area (Å²) >= 11 is 3.58. The maximum Gasteiger partial charge on any atom is 0.120 e. The van der Waals surface area contributed by atoms with Gasteiger partial charge in [0.2, 0.25) is 0 Å². The van der Waals surface area contributed by atoms with E-state index >= 15 is 0 Å². The molecular weight excluding hydrogens is 302 g/mol. The number of halogens is 1. The molecule has 2 nitrogen and oxygen atoms in total. The molecule has 0 saturated carbocycles. The molecule has 0 bridgehead atoms. The Balaban J connectivity index is 2.38. The van der Waals surface area contributed by atoms with E-state index in [1.807, 2.05) is 0 Å². The number of benzene rings is 1. The van der Waals surface area contributed by atoms with E-state index in [1.165, 1.54) is 22.0 Å². The largest absolute Gasteiger partial charge is 0.491 e. The molecule has 0 amide bonds. The van der Waals surface area contributed by atoms with Gasteiger partial charge in [-0.15, -0.1) is 0 Å². The van der Waals surface area contributed by atoms with Crippen LogP contribution < -0.4 is 10.1 Å². The summed E-state index contributed by atoms with van der Waals surface area (Å²) < 4.78 is 7.17. The van der Waals surface area contributed by atoms with Crippen LogP contribution in [-0.4, -0.2) is 19.2 Å². The van der Waals surface area contributed by atoms with Gasteiger partial charge >= 0.3 is 0 Å². The fourth-order valence-electron chi connectivity index (χ4n) is 2.08. The quantitative estimate of drug-likeness (QED) is 0.704. The summed E-state index contributed by atoms with van der Waals surface area (Å²) in [5.41, 5.74) is 2.46. The number of hydrogen-bond acceptors (Lipinski definition) is 2. The van der Waals surface area contributed by atoms with E-state index in [-0.39, 0.29) is 6.10 Å². The van der Waals surface area contributed by atoms with Crippen molar-refractivity contribution in [2.45, 2.75) is 53.1 Å². The van der Waals surface area contributed by atoms with Crippen molar-refractivity contribution in [2.24, 2.45) is 0 Å². The van der Waals surface area contributed by atoms with Crippen molar-refractivity contribution >= 4 is 15.9 Å². The van der Waals surface area contributed by atoms with Crippen molar-refractivity contribution in [3.05, 3.63) is 27.7 Å². The van der Waals surface area contributed by atoms with Crippen LogP contribution in [-0.2, 0) is 0 Å². The predicted molar refractivity (Wildman–Crippen MR) is 86.1 cm³/mol.